The van der Waals surface area contributed by atoms with E-state index in [2.05, 4.69) is 4.98 Å². The number of aliphatic hydroxyl groups is 1. The Hall–Kier alpha value is -0.610. The van der Waals surface area contributed by atoms with Gasteiger partial charge in [-0.05, 0) is 6.07 Å². The smallest absolute Gasteiger partial charge is 0.382 e. The van der Waals surface area contributed by atoms with Crippen molar-refractivity contribution in [2.24, 2.45) is 0 Å². The highest BCUT2D eigenvalue weighted by molar-refractivity contribution is 7.89. The normalized spacial score (nSPS) is 14.4. The Bertz CT molecular complexity index is 565. The van der Waals surface area contributed by atoms with Gasteiger partial charge < -0.3 is 5.11 Å². The molecule has 1 atom stereocenters. The first-order chi connectivity index (χ1) is 8.54. The quantitative estimate of drug-likeness (QED) is 0.817. The molecular weight excluding hydrogens is 332 g/mol. The van der Waals surface area contributed by atoms with Gasteiger partial charge >= 0.3 is 6.18 Å². The second kappa shape index (κ2) is 5.80. The number of nitrogens with zero attached hydrogens (tertiary/aromatic N) is 1. The van der Waals surface area contributed by atoms with Gasteiger partial charge in [0.25, 0.3) is 0 Å². The Kier molecular flexibility index (Phi) is 5.02. The summed E-state index contributed by atoms with van der Waals surface area (Å²) in [5, 5.41) is 8.37. The van der Waals surface area contributed by atoms with Gasteiger partial charge in [-0.3, -0.25) is 0 Å². The number of sulfonamides is 1. The maximum Gasteiger partial charge on any atom is 0.415 e. The number of alkyl halides is 3. The molecule has 5 nitrogen and oxygen atoms in total. The van der Waals surface area contributed by atoms with Gasteiger partial charge in [-0.1, -0.05) is 23.2 Å². The van der Waals surface area contributed by atoms with Gasteiger partial charge in [-0.2, -0.15) is 13.2 Å². The van der Waals surface area contributed by atoms with Gasteiger partial charge in [-0.25, -0.2) is 18.1 Å². The first-order valence-corrected chi connectivity index (χ1v) is 6.83. The maximum atomic E-state index is 12.0. The van der Waals surface area contributed by atoms with E-state index in [1.165, 1.54) is 0 Å². The number of hydrogen-bond donors (Lipinski definition) is 2. The fourth-order valence-electron chi connectivity index (χ4n) is 0.938. The zero-order valence-corrected chi connectivity index (χ0v) is 11.3. The molecule has 0 saturated carbocycles. The molecule has 1 heterocycles. The number of aromatic nitrogens is 1. The van der Waals surface area contributed by atoms with Crippen LogP contribution in [0.15, 0.2) is 17.2 Å². The van der Waals surface area contributed by atoms with Crippen molar-refractivity contribution in [1.82, 2.24) is 9.71 Å². The van der Waals surface area contributed by atoms with Crippen LogP contribution in [-0.4, -0.2) is 37.3 Å². The summed E-state index contributed by atoms with van der Waals surface area (Å²) in [5.41, 5.74) is 0. The average molecular weight is 339 g/mol. The molecule has 0 aliphatic carbocycles. The highest BCUT2D eigenvalue weighted by Gasteiger charge is 2.38. The molecule has 1 aromatic heterocycles. The number of aliphatic hydroxyl groups excluding tert-OH is 1. The van der Waals surface area contributed by atoms with Gasteiger partial charge in [0.15, 0.2) is 6.10 Å². The number of pyridine rings is 1. The van der Waals surface area contributed by atoms with Crippen LogP contribution >= 0.6 is 23.2 Å². The first kappa shape index (κ1) is 16.4. The maximum absolute atomic E-state index is 12.0. The Morgan fingerprint density at radius 1 is 1.42 bits per heavy atom. The molecule has 0 aliphatic rings. The van der Waals surface area contributed by atoms with Crippen molar-refractivity contribution in [1.29, 1.82) is 0 Å². The molecule has 0 saturated heterocycles. The largest absolute Gasteiger partial charge is 0.415 e. The fourth-order valence-corrected chi connectivity index (χ4v) is 2.28. The van der Waals surface area contributed by atoms with E-state index >= 15 is 0 Å². The van der Waals surface area contributed by atoms with E-state index in [1.54, 1.807) is 4.72 Å². The van der Waals surface area contributed by atoms with Gasteiger partial charge in [-0.15, -0.1) is 0 Å². The summed E-state index contributed by atoms with van der Waals surface area (Å²) in [4.78, 5) is 2.99. The van der Waals surface area contributed by atoms with Crippen LogP contribution in [0.25, 0.3) is 0 Å². The zero-order chi connectivity index (χ0) is 14.8. The molecule has 1 unspecified atom stereocenters. The standard InChI is InChI=1S/C8H7Cl2F3N2O3S/c9-5-1-4(2-14-7(5)10)19(17,18)15-3-6(16)8(11,12)13/h1-2,6,15-16H,3H2. The molecule has 1 rings (SSSR count). The molecule has 108 valence electrons. The van der Waals surface area contributed by atoms with Crippen LogP contribution in [0.1, 0.15) is 0 Å². The molecule has 11 heteroatoms. The number of nitrogens with one attached hydrogen (secondary N) is 1. The topological polar surface area (TPSA) is 79.3 Å². The fraction of sp³-hybridized carbons (Fsp3) is 0.375. The molecule has 0 bridgehead atoms. The molecule has 19 heavy (non-hydrogen) atoms. The summed E-state index contributed by atoms with van der Waals surface area (Å²) in [7, 11) is -4.27. The third-order valence-electron chi connectivity index (χ3n) is 1.93. The predicted octanol–water partition coefficient (Wildman–Crippen LogP) is 1.59. The predicted molar refractivity (Wildman–Crippen MR) is 61.5 cm³/mol. The SMILES string of the molecule is O=S(=O)(NCC(O)C(F)(F)F)c1cnc(Cl)c(Cl)c1. The lowest BCUT2D eigenvalue weighted by molar-refractivity contribution is -0.200. The summed E-state index contributed by atoms with van der Waals surface area (Å²) >= 11 is 11.0. The molecular formula is C8H7Cl2F3N2O3S. The molecule has 0 amide bonds. The molecule has 0 spiro atoms. The minimum absolute atomic E-state index is 0.143. The lowest BCUT2D eigenvalue weighted by Crippen LogP contribution is -2.40. The summed E-state index contributed by atoms with van der Waals surface area (Å²) in [6.45, 7) is -1.22. The van der Waals surface area contributed by atoms with Crippen molar-refractivity contribution in [2.45, 2.75) is 17.2 Å². The van der Waals surface area contributed by atoms with Crippen molar-refractivity contribution >= 4 is 33.2 Å². The van der Waals surface area contributed by atoms with Crippen molar-refractivity contribution in [3.63, 3.8) is 0 Å². The van der Waals surface area contributed by atoms with Crippen LogP contribution in [-0.2, 0) is 10.0 Å². The number of hydrogen-bond acceptors (Lipinski definition) is 4. The van der Waals surface area contributed by atoms with Crippen LogP contribution in [0.3, 0.4) is 0 Å². The number of rotatable bonds is 4. The molecule has 0 radical (unpaired) electrons. The van der Waals surface area contributed by atoms with E-state index < -0.39 is 33.7 Å². The highest BCUT2D eigenvalue weighted by atomic mass is 35.5. The lowest BCUT2D eigenvalue weighted by Gasteiger charge is -2.15. The average Bonchev–Trinajstić information content (AvgIpc) is 2.28. The molecule has 1 aromatic rings. The van der Waals surface area contributed by atoms with E-state index in [1.807, 2.05) is 0 Å². The van der Waals surface area contributed by atoms with Gasteiger partial charge in [0.2, 0.25) is 10.0 Å². The van der Waals surface area contributed by atoms with Crippen molar-refractivity contribution < 1.29 is 26.7 Å². The molecule has 2 N–H and O–H groups in total. The third kappa shape index (κ3) is 4.46. The van der Waals surface area contributed by atoms with Crippen LogP contribution in [0.4, 0.5) is 13.2 Å². The number of halogens is 5. The van der Waals surface area contributed by atoms with E-state index in [0.29, 0.717) is 0 Å². The molecule has 0 fully saturated rings. The Balaban J connectivity index is 2.85. The van der Waals surface area contributed by atoms with Crippen molar-refractivity contribution in [3.05, 3.63) is 22.4 Å². The van der Waals surface area contributed by atoms with Crippen LogP contribution in [0.5, 0.6) is 0 Å². The van der Waals surface area contributed by atoms with E-state index in [9.17, 15) is 21.6 Å². The van der Waals surface area contributed by atoms with Gasteiger partial charge in [0, 0.05) is 12.7 Å². The lowest BCUT2D eigenvalue weighted by atomic mass is 10.4. The first-order valence-electron chi connectivity index (χ1n) is 4.59. The summed E-state index contributed by atoms with van der Waals surface area (Å²) in [5.74, 6) is 0. The van der Waals surface area contributed by atoms with E-state index in [-0.39, 0.29) is 10.2 Å². The van der Waals surface area contributed by atoms with Gasteiger partial charge in [0.05, 0.1) is 5.02 Å². The summed E-state index contributed by atoms with van der Waals surface area (Å²) in [6.07, 6.45) is -6.90. The van der Waals surface area contributed by atoms with E-state index in [0.717, 1.165) is 12.3 Å². The molecule has 0 aromatic carbocycles. The van der Waals surface area contributed by atoms with Crippen LogP contribution in [0, 0.1) is 0 Å². The van der Waals surface area contributed by atoms with E-state index in [4.69, 9.17) is 28.3 Å². The third-order valence-corrected chi connectivity index (χ3v) is 4.00. The Labute approximate surface area is 116 Å². The highest BCUT2D eigenvalue weighted by Crippen LogP contribution is 2.23. The Morgan fingerprint density at radius 3 is 2.47 bits per heavy atom. The van der Waals surface area contributed by atoms with Crippen molar-refractivity contribution in [2.75, 3.05) is 6.54 Å². The monoisotopic (exact) mass is 338 g/mol. The summed E-state index contributed by atoms with van der Waals surface area (Å²) in [6, 6.07) is 0.930. The van der Waals surface area contributed by atoms with Crippen LogP contribution < -0.4 is 4.72 Å². The van der Waals surface area contributed by atoms with Crippen molar-refractivity contribution in [3.8, 4) is 0 Å². The zero-order valence-electron chi connectivity index (χ0n) is 8.95. The molecule has 0 aliphatic heterocycles. The van der Waals surface area contributed by atoms with Gasteiger partial charge in [0.1, 0.15) is 10.0 Å². The minimum Gasteiger partial charge on any atom is -0.382 e. The summed E-state index contributed by atoms with van der Waals surface area (Å²) < 4.78 is 60.8. The minimum atomic E-state index is -4.92. The Morgan fingerprint density at radius 2 is 2.00 bits per heavy atom. The second-order valence-electron chi connectivity index (χ2n) is 3.35. The second-order valence-corrected chi connectivity index (χ2v) is 5.89. The van der Waals surface area contributed by atoms with Crippen LogP contribution in [0.2, 0.25) is 10.2 Å².